The van der Waals surface area contributed by atoms with Gasteiger partial charge in [0.25, 0.3) is 0 Å². The van der Waals surface area contributed by atoms with Gasteiger partial charge in [-0.25, -0.2) is 0 Å². The van der Waals surface area contributed by atoms with Gasteiger partial charge in [-0.15, -0.1) is 11.8 Å². The first-order valence-corrected chi connectivity index (χ1v) is 14.3. The van der Waals surface area contributed by atoms with Crippen molar-refractivity contribution in [3.05, 3.63) is 99.5 Å². The second kappa shape index (κ2) is 14.5. The van der Waals surface area contributed by atoms with E-state index in [0.717, 1.165) is 22.4 Å². The molecule has 0 aliphatic carbocycles. The summed E-state index contributed by atoms with van der Waals surface area (Å²) in [7, 11) is 0. The van der Waals surface area contributed by atoms with Crippen LogP contribution in [0.4, 0.5) is 0 Å². The van der Waals surface area contributed by atoms with Gasteiger partial charge in [0.15, 0.2) is 0 Å². The summed E-state index contributed by atoms with van der Waals surface area (Å²) >= 11 is 14.2. The summed E-state index contributed by atoms with van der Waals surface area (Å²) in [6.45, 7) is 6.26. The third-order valence-corrected chi connectivity index (χ3v) is 7.83. The molecule has 3 aromatic carbocycles. The molecule has 1 N–H and O–H groups in total. The molecule has 4 nitrogen and oxygen atoms in total. The van der Waals surface area contributed by atoms with Gasteiger partial charge in [-0.2, -0.15) is 0 Å². The Morgan fingerprint density at radius 2 is 1.70 bits per heavy atom. The van der Waals surface area contributed by atoms with Crippen molar-refractivity contribution in [1.82, 2.24) is 10.2 Å². The normalized spacial score (nSPS) is 12.6. The third kappa shape index (κ3) is 9.10. The second-order valence-corrected chi connectivity index (χ2v) is 11.2. The Balaban J connectivity index is 1.88. The van der Waals surface area contributed by atoms with E-state index < -0.39 is 6.04 Å². The minimum absolute atomic E-state index is 0.000983. The number of thioether (sulfide) groups is 1. The predicted molar refractivity (Wildman–Crippen MR) is 155 cm³/mol. The van der Waals surface area contributed by atoms with Crippen LogP contribution in [0.1, 0.15) is 43.4 Å². The maximum atomic E-state index is 13.7. The Labute approximate surface area is 234 Å². The van der Waals surface area contributed by atoms with E-state index >= 15 is 0 Å². The molecule has 0 heterocycles. The highest BCUT2D eigenvalue weighted by atomic mass is 35.5. The first kappa shape index (κ1) is 29.1. The zero-order chi connectivity index (χ0) is 26.8. The first-order chi connectivity index (χ1) is 17.8. The number of amides is 2. The molecule has 2 atom stereocenters. The summed E-state index contributed by atoms with van der Waals surface area (Å²) in [6, 6.07) is 22.6. The van der Waals surface area contributed by atoms with E-state index in [0.29, 0.717) is 28.6 Å². The number of carbonyl (C=O) groups excluding carboxylic acids is 2. The Morgan fingerprint density at radius 3 is 2.35 bits per heavy atom. The molecule has 0 unspecified atom stereocenters. The van der Waals surface area contributed by atoms with Crippen molar-refractivity contribution in [2.45, 2.75) is 63.6 Å². The molecule has 0 aliphatic rings. The van der Waals surface area contributed by atoms with Crippen molar-refractivity contribution in [1.29, 1.82) is 0 Å². The average molecular weight is 558 g/mol. The van der Waals surface area contributed by atoms with Crippen molar-refractivity contribution >= 4 is 46.8 Å². The van der Waals surface area contributed by atoms with E-state index in [1.54, 1.807) is 28.8 Å². The van der Waals surface area contributed by atoms with E-state index in [1.807, 2.05) is 50.2 Å². The number of nitrogens with one attached hydrogen (secondary N) is 1. The lowest BCUT2D eigenvalue weighted by Crippen LogP contribution is -2.52. The monoisotopic (exact) mass is 556 g/mol. The van der Waals surface area contributed by atoms with E-state index in [2.05, 4.69) is 36.5 Å². The lowest BCUT2D eigenvalue weighted by molar-refractivity contribution is -0.141. The molecule has 37 heavy (non-hydrogen) atoms. The van der Waals surface area contributed by atoms with Gasteiger partial charge in [-0.3, -0.25) is 9.59 Å². The van der Waals surface area contributed by atoms with Gasteiger partial charge in [0, 0.05) is 46.1 Å². The molecule has 0 bridgehead atoms. The maximum absolute atomic E-state index is 13.7. The molecule has 0 spiro atoms. The topological polar surface area (TPSA) is 49.4 Å². The Kier molecular flexibility index (Phi) is 11.4. The highest BCUT2D eigenvalue weighted by molar-refractivity contribution is 7.99. The molecule has 0 saturated heterocycles. The quantitative estimate of drug-likeness (QED) is 0.237. The lowest BCUT2D eigenvalue weighted by atomic mass is 10.0. The van der Waals surface area contributed by atoms with Crippen LogP contribution in [0, 0.1) is 6.92 Å². The Hall–Kier alpha value is -2.47. The van der Waals surface area contributed by atoms with Crippen LogP contribution in [-0.2, 0) is 22.6 Å². The average Bonchev–Trinajstić information content (AvgIpc) is 2.88. The minimum atomic E-state index is -0.681. The fraction of sp³-hybridized carbons (Fsp3) is 0.333. The standard InChI is InChI=1S/C30H34Cl2N2O2S/c1-4-22(3)33-30(36)28(18-23-8-6-5-7-9-23)34(20-24-12-13-25(31)19-27(24)32)29(35)16-17-37-26-14-10-21(2)11-15-26/h5-15,19,22,28H,4,16-18,20H2,1-3H3,(H,33,36)/t22-,28+/m0/s1. The predicted octanol–water partition coefficient (Wildman–Crippen LogP) is 7.34. The highest BCUT2D eigenvalue weighted by Gasteiger charge is 2.31. The van der Waals surface area contributed by atoms with Gasteiger partial charge in [0.05, 0.1) is 0 Å². The Morgan fingerprint density at radius 1 is 1.00 bits per heavy atom. The fourth-order valence-corrected chi connectivity index (χ4v) is 5.17. The third-order valence-electron chi connectivity index (χ3n) is 6.23. The van der Waals surface area contributed by atoms with Gasteiger partial charge in [-0.05, 0) is 55.7 Å². The van der Waals surface area contributed by atoms with E-state index in [-0.39, 0.29) is 24.4 Å². The van der Waals surface area contributed by atoms with Crippen LogP contribution in [-0.4, -0.2) is 34.6 Å². The van der Waals surface area contributed by atoms with Crippen LogP contribution >= 0.6 is 35.0 Å². The number of hydrogen-bond donors (Lipinski definition) is 1. The van der Waals surface area contributed by atoms with Crippen LogP contribution < -0.4 is 5.32 Å². The molecule has 2 amide bonds. The SMILES string of the molecule is CC[C@H](C)NC(=O)[C@@H](Cc1ccccc1)N(Cc1ccc(Cl)cc1Cl)C(=O)CCSc1ccc(C)cc1. The highest BCUT2D eigenvalue weighted by Crippen LogP contribution is 2.25. The van der Waals surface area contributed by atoms with Crippen LogP contribution in [0.5, 0.6) is 0 Å². The van der Waals surface area contributed by atoms with Gasteiger partial charge in [0.2, 0.25) is 11.8 Å². The largest absolute Gasteiger partial charge is 0.352 e. The number of carbonyl (C=O) groups is 2. The molecule has 7 heteroatoms. The number of hydrogen-bond acceptors (Lipinski definition) is 3. The molecule has 0 fully saturated rings. The molecule has 0 saturated carbocycles. The van der Waals surface area contributed by atoms with Gasteiger partial charge >= 0.3 is 0 Å². The zero-order valence-electron chi connectivity index (χ0n) is 21.5. The molecular weight excluding hydrogens is 523 g/mol. The van der Waals surface area contributed by atoms with E-state index in [1.165, 1.54) is 5.56 Å². The molecule has 0 aromatic heterocycles. The molecule has 0 radical (unpaired) electrons. The first-order valence-electron chi connectivity index (χ1n) is 12.5. The van der Waals surface area contributed by atoms with Crippen molar-refractivity contribution in [2.24, 2.45) is 0 Å². The molecular formula is C30H34Cl2N2O2S. The van der Waals surface area contributed by atoms with Gasteiger partial charge < -0.3 is 10.2 Å². The summed E-state index contributed by atoms with van der Waals surface area (Å²) in [4.78, 5) is 30.1. The Bertz CT molecular complexity index is 1170. The van der Waals surface area contributed by atoms with Crippen molar-refractivity contribution in [3.63, 3.8) is 0 Å². The summed E-state index contributed by atoms with van der Waals surface area (Å²) < 4.78 is 0. The van der Waals surface area contributed by atoms with Crippen LogP contribution in [0.3, 0.4) is 0 Å². The van der Waals surface area contributed by atoms with Crippen LogP contribution in [0.25, 0.3) is 0 Å². The summed E-state index contributed by atoms with van der Waals surface area (Å²) in [6.07, 6.45) is 1.50. The van der Waals surface area contributed by atoms with Gasteiger partial charge in [-0.1, -0.05) is 84.2 Å². The minimum Gasteiger partial charge on any atom is -0.352 e. The van der Waals surface area contributed by atoms with E-state index in [9.17, 15) is 9.59 Å². The van der Waals surface area contributed by atoms with E-state index in [4.69, 9.17) is 23.2 Å². The lowest BCUT2D eigenvalue weighted by Gasteiger charge is -2.32. The summed E-state index contributed by atoms with van der Waals surface area (Å²) in [5.41, 5.74) is 2.93. The molecule has 3 aromatic rings. The van der Waals surface area contributed by atoms with Crippen LogP contribution in [0.15, 0.2) is 77.7 Å². The fourth-order valence-electron chi connectivity index (χ4n) is 3.86. The van der Waals surface area contributed by atoms with Crippen molar-refractivity contribution in [2.75, 3.05) is 5.75 Å². The number of nitrogens with zero attached hydrogens (tertiary/aromatic N) is 1. The number of halogens is 2. The van der Waals surface area contributed by atoms with Gasteiger partial charge in [0.1, 0.15) is 6.04 Å². The number of aryl methyl sites for hydroxylation is 1. The van der Waals surface area contributed by atoms with Crippen molar-refractivity contribution in [3.8, 4) is 0 Å². The molecule has 3 rings (SSSR count). The summed E-state index contributed by atoms with van der Waals surface area (Å²) in [5.74, 6) is 0.353. The zero-order valence-corrected chi connectivity index (χ0v) is 23.9. The maximum Gasteiger partial charge on any atom is 0.243 e. The molecule has 196 valence electrons. The number of rotatable bonds is 12. The number of benzene rings is 3. The molecule has 0 aliphatic heterocycles. The smallest absolute Gasteiger partial charge is 0.243 e. The van der Waals surface area contributed by atoms with Crippen LogP contribution in [0.2, 0.25) is 10.0 Å². The second-order valence-electron chi connectivity index (χ2n) is 9.19. The van der Waals surface area contributed by atoms with Crippen molar-refractivity contribution < 1.29 is 9.59 Å². The summed E-state index contributed by atoms with van der Waals surface area (Å²) in [5, 5.41) is 4.09.